The normalized spacial score (nSPS) is 15.9. The molecule has 0 bridgehead atoms. The number of aliphatic hydroxyl groups is 1. The van der Waals surface area contributed by atoms with Crippen molar-refractivity contribution in [2.24, 2.45) is 5.41 Å². The van der Waals surface area contributed by atoms with Crippen molar-refractivity contribution in [1.82, 2.24) is 9.88 Å². The van der Waals surface area contributed by atoms with Crippen LogP contribution in [-0.2, 0) is 6.42 Å². The van der Waals surface area contributed by atoms with Crippen molar-refractivity contribution in [3.8, 4) is 5.75 Å². The summed E-state index contributed by atoms with van der Waals surface area (Å²) in [5, 5.41) is 14.0. The second-order valence-electron chi connectivity index (χ2n) is 9.41. The summed E-state index contributed by atoms with van der Waals surface area (Å²) >= 11 is 0. The predicted molar refractivity (Wildman–Crippen MR) is 131 cm³/mol. The second-order valence-corrected chi connectivity index (χ2v) is 9.41. The number of hydrogen-bond donors (Lipinski definition) is 2. The highest BCUT2D eigenvalue weighted by molar-refractivity contribution is 5.83. The number of nitrogens with zero attached hydrogens (tertiary/aromatic N) is 2. The summed E-state index contributed by atoms with van der Waals surface area (Å²) in [7, 11) is 1.59. The molecule has 2 heterocycles. The van der Waals surface area contributed by atoms with Crippen molar-refractivity contribution >= 4 is 16.6 Å². The molecule has 8 heteroatoms. The molecule has 0 radical (unpaired) electrons. The van der Waals surface area contributed by atoms with Gasteiger partial charge in [0, 0.05) is 36.8 Å². The van der Waals surface area contributed by atoms with Gasteiger partial charge >= 0.3 is 0 Å². The molecule has 4 rings (SSSR count). The minimum atomic E-state index is -0.600. The number of methoxy groups -OCH3 is 1. The highest BCUT2D eigenvalue weighted by Crippen LogP contribution is 2.37. The monoisotopic (exact) mass is 487 g/mol. The van der Waals surface area contributed by atoms with Crippen LogP contribution in [0.4, 0.5) is 18.9 Å². The molecule has 0 saturated carbocycles. The molecule has 0 spiro atoms. The van der Waals surface area contributed by atoms with Gasteiger partial charge in [0.05, 0.1) is 18.8 Å². The lowest BCUT2D eigenvalue weighted by Gasteiger charge is -2.41. The number of aromatic nitrogens is 1. The van der Waals surface area contributed by atoms with Crippen LogP contribution in [0.3, 0.4) is 0 Å². The van der Waals surface area contributed by atoms with Gasteiger partial charge in [-0.25, -0.2) is 13.2 Å². The Hall–Kier alpha value is -2.84. The van der Waals surface area contributed by atoms with E-state index in [1.54, 1.807) is 7.11 Å². The highest BCUT2D eigenvalue weighted by Gasteiger charge is 2.33. The smallest absolute Gasteiger partial charge is 0.145 e. The van der Waals surface area contributed by atoms with Crippen molar-refractivity contribution in [1.29, 1.82) is 0 Å². The zero-order valence-corrected chi connectivity index (χ0v) is 20.0. The van der Waals surface area contributed by atoms with Crippen LogP contribution in [0.1, 0.15) is 31.2 Å². The summed E-state index contributed by atoms with van der Waals surface area (Å²) in [5.41, 5.74) is 1.63. The molecule has 1 aliphatic heterocycles. The molecule has 1 saturated heterocycles. The maximum Gasteiger partial charge on any atom is 0.145 e. The predicted octanol–water partition coefficient (Wildman–Crippen LogP) is 5.17. The van der Waals surface area contributed by atoms with Gasteiger partial charge in [0.15, 0.2) is 0 Å². The molecular formula is C27H32F3N3O2. The lowest BCUT2D eigenvalue weighted by atomic mass is 9.75. The van der Waals surface area contributed by atoms with Crippen molar-refractivity contribution in [3.63, 3.8) is 0 Å². The topological polar surface area (TPSA) is 57.6 Å². The maximum absolute atomic E-state index is 14.6. The molecule has 0 unspecified atom stereocenters. The average molecular weight is 488 g/mol. The summed E-state index contributed by atoms with van der Waals surface area (Å²) in [6.07, 6.45) is 5.12. The SMILES string of the molecule is COc1ccc2ncc(F)c(CCCC3(CO)CCN(CCNc4cc(F)cc(F)c4)CC3)c2c1. The van der Waals surface area contributed by atoms with E-state index in [1.807, 2.05) is 18.2 Å². The third-order valence-electron chi connectivity index (χ3n) is 7.14. The second kappa shape index (κ2) is 11.3. The Bertz CT molecular complexity index is 1130. The Morgan fingerprint density at radius 2 is 1.83 bits per heavy atom. The zero-order chi connectivity index (χ0) is 24.8. The van der Waals surface area contributed by atoms with Gasteiger partial charge in [-0.1, -0.05) is 0 Å². The maximum atomic E-state index is 14.6. The van der Waals surface area contributed by atoms with E-state index in [2.05, 4.69) is 15.2 Å². The van der Waals surface area contributed by atoms with Gasteiger partial charge in [-0.05, 0) is 86.5 Å². The summed E-state index contributed by atoms with van der Waals surface area (Å²) in [5.74, 6) is -0.847. The van der Waals surface area contributed by atoms with E-state index in [4.69, 9.17) is 4.74 Å². The number of likely N-dealkylation sites (tertiary alicyclic amines) is 1. The van der Waals surface area contributed by atoms with Crippen LogP contribution in [0.2, 0.25) is 0 Å². The summed E-state index contributed by atoms with van der Waals surface area (Å²) < 4.78 is 46.6. The zero-order valence-electron chi connectivity index (χ0n) is 20.0. The quantitative estimate of drug-likeness (QED) is 0.413. The number of nitrogens with one attached hydrogen (secondary N) is 1. The van der Waals surface area contributed by atoms with Crippen LogP contribution >= 0.6 is 0 Å². The van der Waals surface area contributed by atoms with E-state index in [0.29, 0.717) is 30.0 Å². The molecule has 2 aromatic carbocycles. The van der Waals surface area contributed by atoms with Crippen LogP contribution in [0, 0.1) is 22.9 Å². The number of pyridine rings is 1. The van der Waals surface area contributed by atoms with E-state index in [0.717, 1.165) is 62.3 Å². The number of rotatable bonds is 10. The van der Waals surface area contributed by atoms with Crippen molar-refractivity contribution in [3.05, 3.63) is 65.6 Å². The lowest BCUT2D eigenvalue weighted by Crippen LogP contribution is -2.43. The molecule has 0 aliphatic carbocycles. The fourth-order valence-corrected chi connectivity index (χ4v) is 4.98. The molecule has 2 N–H and O–H groups in total. The number of fused-ring (bicyclic) bond motifs is 1. The van der Waals surface area contributed by atoms with Gasteiger partial charge in [0.25, 0.3) is 0 Å². The Labute approximate surface area is 203 Å². The molecule has 35 heavy (non-hydrogen) atoms. The van der Waals surface area contributed by atoms with E-state index in [1.165, 1.54) is 18.3 Å². The third kappa shape index (κ3) is 6.24. The Morgan fingerprint density at radius 3 is 2.51 bits per heavy atom. The Balaban J connectivity index is 1.29. The van der Waals surface area contributed by atoms with Crippen LogP contribution in [0.5, 0.6) is 5.75 Å². The number of piperidine rings is 1. The van der Waals surface area contributed by atoms with Gasteiger partial charge in [-0.15, -0.1) is 0 Å². The number of aryl methyl sites for hydroxylation is 1. The average Bonchev–Trinajstić information content (AvgIpc) is 2.85. The molecule has 5 nitrogen and oxygen atoms in total. The van der Waals surface area contributed by atoms with E-state index < -0.39 is 11.6 Å². The van der Waals surface area contributed by atoms with E-state index in [9.17, 15) is 18.3 Å². The first-order valence-electron chi connectivity index (χ1n) is 12.1. The molecular weight excluding hydrogens is 455 g/mol. The molecule has 1 aliphatic rings. The lowest BCUT2D eigenvalue weighted by molar-refractivity contribution is 0.0370. The summed E-state index contributed by atoms with van der Waals surface area (Å²) in [4.78, 5) is 6.48. The minimum Gasteiger partial charge on any atom is -0.497 e. The first-order chi connectivity index (χ1) is 16.9. The van der Waals surface area contributed by atoms with Gasteiger partial charge < -0.3 is 20.1 Å². The van der Waals surface area contributed by atoms with Crippen LogP contribution in [0.15, 0.2) is 42.6 Å². The highest BCUT2D eigenvalue weighted by atomic mass is 19.1. The number of anilines is 1. The molecule has 1 fully saturated rings. The Morgan fingerprint density at radius 1 is 1.09 bits per heavy atom. The van der Waals surface area contributed by atoms with Crippen LogP contribution in [-0.4, -0.2) is 54.9 Å². The molecule has 188 valence electrons. The number of hydrogen-bond acceptors (Lipinski definition) is 5. The van der Waals surface area contributed by atoms with Gasteiger partial charge in [-0.3, -0.25) is 4.98 Å². The number of ether oxygens (including phenoxy) is 1. The largest absolute Gasteiger partial charge is 0.497 e. The Kier molecular flexibility index (Phi) is 8.13. The molecule has 0 atom stereocenters. The number of aliphatic hydroxyl groups excluding tert-OH is 1. The third-order valence-corrected chi connectivity index (χ3v) is 7.14. The molecule has 3 aromatic rings. The summed E-state index contributed by atoms with van der Waals surface area (Å²) in [6.45, 7) is 3.10. The first-order valence-corrected chi connectivity index (χ1v) is 12.1. The number of benzene rings is 2. The number of halogens is 3. The summed E-state index contributed by atoms with van der Waals surface area (Å²) in [6, 6.07) is 8.89. The van der Waals surface area contributed by atoms with E-state index >= 15 is 0 Å². The minimum absolute atomic E-state index is 0.106. The first kappa shape index (κ1) is 25.3. The van der Waals surface area contributed by atoms with Crippen molar-refractivity contribution < 1.29 is 23.0 Å². The molecule has 1 aromatic heterocycles. The van der Waals surface area contributed by atoms with E-state index in [-0.39, 0.29) is 17.8 Å². The fraction of sp³-hybridized carbons (Fsp3) is 0.444. The van der Waals surface area contributed by atoms with Gasteiger partial charge in [0.2, 0.25) is 0 Å². The van der Waals surface area contributed by atoms with Crippen LogP contribution < -0.4 is 10.1 Å². The van der Waals surface area contributed by atoms with Gasteiger partial charge in [0.1, 0.15) is 23.2 Å². The standard InChI is InChI=1S/C27H32F3N3O2/c1-35-22-4-5-26-24(16-22)23(25(30)17-32-26)3-2-6-27(18-34)7-10-33(11-8-27)12-9-31-21-14-19(28)13-20(29)15-21/h4-5,13-17,31,34H,2-3,6-12,18H2,1H3. The fourth-order valence-electron chi connectivity index (χ4n) is 4.98. The van der Waals surface area contributed by atoms with Gasteiger partial charge in [-0.2, -0.15) is 0 Å². The van der Waals surface area contributed by atoms with Crippen LogP contribution in [0.25, 0.3) is 10.9 Å². The molecule has 0 amide bonds. The van der Waals surface area contributed by atoms with Crippen molar-refractivity contribution in [2.45, 2.75) is 32.1 Å². The van der Waals surface area contributed by atoms with Crippen molar-refractivity contribution in [2.75, 3.05) is 45.2 Å².